The van der Waals surface area contributed by atoms with E-state index in [0.29, 0.717) is 39.3 Å². The van der Waals surface area contributed by atoms with Crippen LogP contribution >= 0.6 is 0 Å². The van der Waals surface area contributed by atoms with Crippen LogP contribution in [0.2, 0.25) is 0 Å². The number of halogens is 1. The van der Waals surface area contributed by atoms with Gasteiger partial charge in [-0.15, -0.1) is 0 Å². The van der Waals surface area contributed by atoms with Gasteiger partial charge >= 0.3 is 11.9 Å². The molecule has 0 bridgehead atoms. The fourth-order valence-corrected chi connectivity index (χ4v) is 3.14. The topological polar surface area (TPSA) is 61.8 Å². The highest BCUT2D eigenvalue weighted by atomic mass is 19.1. The normalized spacial score (nSPS) is 10.5. The first-order valence-corrected chi connectivity index (χ1v) is 10.5. The molecule has 0 aliphatic rings. The van der Waals surface area contributed by atoms with Gasteiger partial charge in [-0.05, 0) is 60.9 Å². The number of hydrogen-bond donors (Lipinski definition) is 0. The van der Waals surface area contributed by atoms with Gasteiger partial charge < -0.3 is 14.2 Å². The molecular formula is C28H25FO5. The molecule has 0 saturated heterocycles. The summed E-state index contributed by atoms with van der Waals surface area (Å²) >= 11 is 0. The molecule has 0 unspecified atom stereocenters. The average Bonchev–Trinajstić information content (AvgIpc) is 2.80. The third-order valence-electron chi connectivity index (χ3n) is 4.94. The number of rotatable bonds is 8. The van der Waals surface area contributed by atoms with Gasteiger partial charge in [0.05, 0.1) is 6.61 Å². The summed E-state index contributed by atoms with van der Waals surface area (Å²) in [4.78, 5) is 23.5. The molecule has 3 aromatic rings. The van der Waals surface area contributed by atoms with Crippen molar-refractivity contribution in [1.82, 2.24) is 0 Å². The molecule has 0 radical (unpaired) electrons. The SMILES string of the molecule is C=C(C)C(=O)Oc1ccc(-c2ccc(-c3ccc(OC(=O)C(=C)C)c(COC)c3)cc2F)cc1. The quantitative estimate of drug-likeness (QED) is 0.225. The number of ether oxygens (including phenoxy) is 3. The summed E-state index contributed by atoms with van der Waals surface area (Å²) in [6.45, 7) is 10.5. The Labute approximate surface area is 198 Å². The fourth-order valence-electron chi connectivity index (χ4n) is 3.14. The van der Waals surface area contributed by atoms with E-state index in [1.54, 1.807) is 68.4 Å². The lowest BCUT2D eigenvalue weighted by Gasteiger charge is -2.13. The molecule has 0 fully saturated rings. The van der Waals surface area contributed by atoms with E-state index in [9.17, 15) is 9.59 Å². The van der Waals surface area contributed by atoms with E-state index in [2.05, 4.69) is 13.2 Å². The van der Waals surface area contributed by atoms with E-state index in [0.717, 1.165) is 5.56 Å². The Bertz CT molecular complexity index is 1260. The first-order valence-electron chi connectivity index (χ1n) is 10.5. The minimum atomic E-state index is -0.527. The maximum absolute atomic E-state index is 15.0. The van der Waals surface area contributed by atoms with Crippen LogP contribution in [0.15, 0.2) is 85.0 Å². The predicted octanol–water partition coefficient (Wildman–Crippen LogP) is 6.27. The standard InChI is InChI=1S/C28H25FO5/c1-17(2)27(30)33-23-10-6-19(7-11-23)24-12-8-21(15-25(24)29)20-9-13-26(22(14-20)16-32-5)34-28(31)18(3)4/h6-15H,1,3,16H2,2,4-5H3. The molecule has 0 aromatic heterocycles. The Morgan fingerprint density at radius 3 is 1.94 bits per heavy atom. The van der Waals surface area contributed by atoms with Crippen molar-refractivity contribution in [2.24, 2.45) is 0 Å². The molecule has 3 aromatic carbocycles. The van der Waals surface area contributed by atoms with E-state index in [1.165, 1.54) is 13.2 Å². The number of carbonyl (C=O) groups excluding carboxylic acids is 2. The molecule has 0 amide bonds. The van der Waals surface area contributed by atoms with Gasteiger partial charge in [0.1, 0.15) is 17.3 Å². The second kappa shape index (κ2) is 10.7. The van der Waals surface area contributed by atoms with Crippen LogP contribution in [-0.4, -0.2) is 19.0 Å². The molecule has 5 nitrogen and oxygen atoms in total. The number of methoxy groups -OCH3 is 1. The van der Waals surface area contributed by atoms with Crippen LogP contribution in [-0.2, 0) is 20.9 Å². The molecule has 3 rings (SSSR count). The number of hydrogen-bond acceptors (Lipinski definition) is 5. The highest BCUT2D eigenvalue weighted by Crippen LogP contribution is 2.32. The van der Waals surface area contributed by atoms with Crippen molar-refractivity contribution < 1.29 is 28.2 Å². The van der Waals surface area contributed by atoms with Crippen molar-refractivity contribution in [3.05, 3.63) is 96.3 Å². The van der Waals surface area contributed by atoms with Crippen molar-refractivity contribution >= 4 is 11.9 Å². The molecule has 6 heteroatoms. The number of esters is 2. The summed E-state index contributed by atoms with van der Waals surface area (Å²) in [5.74, 6) is -0.734. The second-order valence-corrected chi connectivity index (χ2v) is 7.81. The largest absolute Gasteiger partial charge is 0.423 e. The van der Waals surface area contributed by atoms with Crippen LogP contribution in [0, 0.1) is 5.82 Å². The summed E-state index contributed by atoms with van der Waals surface area (Å²) in [5, 5.41) is 0. The zero-order valence-corrected chi connectivity index (χ0v) is 19.3. The summed E-state index contributed by atoms with van der Waals surface area (Å²) in [7, 11) is 1.54. The van der Waals surface area contributed by atoms with Gasteiger partial charge in [-0.1, -0.05) is 43.5 Å². The summed E-state index contributed by atoms with van der Waals surface area (Å²) in [5.41, 5.74) is 3.68. The van der Waals surface area contributed by atoms with E-state index < -0.39 is 17.8 Å². The Morgan fingerprint density at radius 1 is 0.794 bits per heavy atom. The Hall–Kier alpha value is -4.03. The van der Waals surface area contributed by atoms with E-state index in [-0.39, 0.29) is 12.2 Å². The molecule has 0 N–H and O–H groups in total. The van der Waals surface area contributed by atoms with E-state index >= 15 is 4.39 Å². The second-order valence-electron chi connectivity index (χ2n) is 7.81. The summed E-state index contributed by atoms with van der Waals surface area (Å²) in [6.07, 6.45) is 0. The highest BCUT2D eigenvalue weighted by Gasteiger charge is 2.14. The molecule has 0 heterocycles. The molecule has 0 spiro atoms. The first-order chi connectivity index (χ1) is 16.2. The fraction of sp³-hybridized carbons (Fsp3) is 0.143. The van der Waals surface area contributed by atoms with Gasteiger partial charge in [-0.25, -0.2) is 14.0 Å². The van der Waals surface area contributed by atoms with Crippen molar-refractivity contribution in [1.29, 1.82) is 0 Å². The Morgan fingerprint density at radius 2 is 1.35 bits per heavy atom. The summed E-state index contributed by atoms with van der Waals surface area (Å²) in [6, 6.07) is 16.7. The van der Waals surface area contributed by atoms with Crippen LogP contribution in [0.3, 0.4) is 0 Å². The third kappa shape index (κ3) is 5.85. The summed E-state index contributed by atoms with van der Waals surface area (Å²) < 4.78 is 30.8. The average molecular weight is 461 g/mol. The zero-order chi connectivity index (χ0) is 24.8. The Kier molecular flexibility index (Phi) is 7.76. The van der Waals surface area contributed by atoms with Crippen LogP contribution in [0.1, 0.15) is 19.4 Å². The maximum atomic E-state index is 15.0. The van der Waals surface area contributed by atoms with E-state index in [1.807, 2.05) is 0 Å². The lowest BCUT2D eigenvalue weighted by molar-refractivity contribution is -0.131. The number of benzene rings is 3. The molecule has 34 heavy (non-hydrogen) atoms. The molecule has 0 saturated carbocycles. The predicted molar refractivity (Wildman–Crippen MR) is 129 cm³/mol. The van der Waals surface area contributed by atoms with Gasteiger partial charge in [0.25, 0.3) is 0 Å². The monoisotopic (exact) mass is 460 g/mol. The lowest BCUT2D eigenvalue weighted by atomic mass is 9.98. The van der Waals surface area contributed by atoms with Crippen LogP contribution in [0.25, 0.3) is 22.3 Å². The smallest absolute Gasteiger partial charge is 0.338 e. The minimum Gasteiger partial charge on any atom is -0.423 e. The first kappa shape index (κ1) is 24.6. The highest BCUT2D eigenvalue weighted by molar-refractivity contribution is 5.89. The van der Waals surface area contributed by atoms with Crippen molar-refractivity contribution in [2.75, 3.05) is 7.11 Å². The zero-order valence-electron chi connectivity index (χ0n) is 19.3. The maximum Gasteiger partial charge on any atom is 0.338 e. The van der Waals surface area contributed by atoms with Crippen LogP contribution in [0.4, 0.5) is 4.39 Å². The lowest BCUT2D eigenvalue weighted by Crippen LogP contribution is -2.10. The van der Waals surface area contributed by atoms with Crippen molar-refractivity contribution in [2.45, 2.75) is 20.5 Å². The minimum absolute atomic E-state index is 0.218. The third-order valence-corrected chi connectivity index (χ3v) is 4.94. The van der Waals surface area contributed by atoms with Crippen LogP contribution in [0.5, 0.6) is 11.5 Å². The number of carbonyl (C=O) groups is 2. The van der Waals surface area contributed by atoms with Crippen LogP contribution < -0.4 is 9.47 Å². The molecule has 0 aliphatic carbocycles. The molecule has 0 aliphatic heterocycles. The van der Waals surface area contributed by atoms with Gasteiger partial charge in [-0.2, -0.15) is 0 Å². The van der Waals surface area contributed by atoms with Gasteiger partial charge in [-0.3, -0.25) is 0 Å². The van der Waals surface area contributed by atoms with Gasteiger partial charge in [0.15, 0.2) is 0 Å². The molecular weight excluding hydrogens is 435 g/mol. The van der Waals surface area contributed by atoms with Crippen molar-refractivity contribution in [3.63, 3.8) is 0 Å². The Balaban J connectivity index is 1.86. The van der Waals surface area contributed by atoms with Gasteiger partial charge in [0, 0.05) is 29.4 Å². The molecule has 0 atom stereocenters. The van der Waals surface area contributed by atoms with Crippen molar-refractivity contribution in [3.8, 4) is 33.8 Å². The van der Waals surface area contributed by atoms with E-state index in [4.69, 9.17) is 14.2 Å². The van der Waals surface area contributed by atoms with Gasteiger partial charge in [0.2, 0.25) is 0 Å². The molecule has 174 valence electrons.